The molecule has 1 N–H and O–H groups in total. The standard InChI is InChI=1S/C15H17ClFNS/c1-10(2)15(14-4-3-7-19-14)18-9-11-5-6-12(16)13(17)8-11/h3-8,10,15,18H,9H2,1-2H3. The minimum absolute atomic E-state index is 0.169. The lowest BCUT2D eigenvalue weighted by molar-refractivity contribution is 0.416. The van der Waals surface area contributed by atoms with Crippen molar-refractivity contribution in [2.75, 3.05) is 0 Å². The monoisotopic (exact) mass is 297 g/mol. The highest BCUT2D eigenvalue weighted by Gasteiger charge is 2.16. The first-order valence-electron chi connectivity index (χ1n) is 6.28. The third kappa shape index (κ3) is 3.78. The molecule has 4 heteroatoms. The largest absolute Gasteiger partial charge is 0.305 e. The Hall–Kier alpha value is -0.900. The highest BCUT2D eigenvalue weighted by atomic mass is 35.5. The first kappa shape index (κ1) is 14.5. The van der Waals surface area contributed by atoms with E-state index in [9.17, 15) is 4.39 Å². The smallest absolute Gasteiger partial charge is 0.142 e. The number of hydrogen-bond acceptors (Lipinski definition) is 2. The van der Waals surface area contributed by atoms with Crippen LogP contribution < -0.4 is 5.32 Å². The minimum atomic E-state index is -0.363. The summed E-state index contributed by atoms with van der Waals surface area (Å²) in [6.45, 7) is 4.99. The van der Waals surface area contributed by atoms with Crippen molar-refractivity contribution < 1.29 is 4.39 Å². The van der Waals surface area contributed by atoms with Crippen LogP contribution in [0.4, 0.5) is 4.39 Å². The molecule has 0 amide bonds. The van der Waals surface area contributed by atoms with Crippen LogP contribution in [-0.2, 0) is 6.54 Å². The van der Waals surface area contributed by atoms with E-state index < -0.39 is 0 Å². The number of hydrogen-bond donors (Lipinski definition) is 1. The van der Waals surface area contributed by atoms with E-state index in [2.05, 4.69) is 36.7 Å². The Morgan fingerprint density at radius 2 is 2.11 bits per heavy atom. The molecular formula is C15H17ClFNS. The molecular weight excluding hydrogens is 281 g/mol. The normalized spacial score (nSPS) is 12.9. The zero-order valence-electron chi connectivity index (χ0n) is 11.0. The van der Waals surface area contributed by atoms with Gasteiger partial charge in [0.25, 0.3) is 0 Å². The summed E-state index contributed by atoms with van der Waals surface area (Å²) in [7, 11) is 0. The van der Waals surface area contributed by atoms with Gasteiger partial charge in [-0.3, -0.25) is 0 Å². The van der Waals surface area contributed by atoms with Crippen LogP contribution in [0.2, 0.25) is 5.02 Å². The molecule has 0 aliphatic rings. The fourth-order valence-corrected chi connectivity index (χ4v) is 3.10. The van der Waals surface area contributed by atoms with E-state index in [0.29, 0.717) is 18.5 Å². The van der Waals surface area contributed by atoms with E-state index in [-0.39, 0.29) is 10.8 Å². The molecule has 0 aliphatic carbocycles. The molecule has 0 fully saturated rings. The van der Waals surface area contributed by atoms with Crippen LogP contribution in [0.15, 0.2) is 35.7 Å². The lowest BCUT2D eigenvalue weighted by Gasteiger charge is -2.21. The maximum atomic E-state index is 13.4. The van der Waals surface area contributed by atoms with Crippen molar-refractivity contribution in [2.24, 2.45) is 5.92 Å². The van der Waals surface area contributed by atoms with E-state index in [1.807, 2.05) is 6.07 Å². The number of nitrogens with one attached hydrogen (secondary N) is 1. The van der Waals surface area contributed by atoms with Crippen molar-refractivity contribution in [3.8, 4) is 0 Å². The topological polar surface area (TPSA) is 12.0 Å². The fraction of sp³-hybridized carbons (Fsp3) is 0.333. The predicted octanol–water partition coefficient (Wildman–Crippen LogP) is 5.03. The molecule has 0 saturated heterocycles. The average molecular weight is 298 g/mol. The molecule has 1 nitrogen and oxygen atoms in total. The fourth-order valence-electron chi connectivity index (χ4n) is 2.01. The zero-order valence-corrected chi connectivity index (χ0v) is 12.6. The second kappa shape index (κ2) is 6.51. The van der Waals surface area contributed by atoms with Gasteiger partial charge in [0.05, 0.1) is 5.02 Å². The van der Waals surface area contributed by atoms with E-state index in [0.717, 1.165) is 5.56 Å². The molecule has 102 valence electrons. The van der Waals surface area contributed by atoms with Crippen molar-refractivity contribution in [1.82, 2.24) is 5.32 Å². The van der Waals surface area contributed by atoms with Crippen molar-refractivity contribution in [3.05, 3.63) is 57.0 Å². The molecule has 1 aromatic carbocycles. The molecule has 2 rings (SSSR count). The third-order valence-electron chi connectivity index (χ3n) is 3.03. The van der Waals surface area contributed by atoms with Crippen LogP contribution in [0.5, 0.6) is 0 Å². The van der Waals surface area contributed by atoms with E-state index in [4.69, 9.17) is 11.6 Å². The van der Waals surface area contributed by atoms with Crippen molar-refractivity contribution in [2.45, 2.75) is 26.4 Å². The minimum Gasteiger partial charge on any atom is -0.305 e. The van der Waals surface area contributed by atoms with Gasteiger partial charge in [-0.25, -0.2) is 4.39 Å². The number of thiophene rings is 1. The summed E-state index contributed by atoms with van der Waals surface area (Å²) in [6.07, 6.45) is 0. The summed E-state index contributed by atoms with van der Waals surface area (Å²) in [6, 6.07) is 9.41. The van der Waals surface area contributed by atoms with Gasteiger partial charge in [0.15, 0.2) is 0 Å². The van der Waals surface area contributed by atoms with Crippen molar-refractivity contribution in [3.63, 3.8) is 0 Å². The van der Waals surface area contributed by atoms with Gasteiger partial charge in [-0.2, -0.15) is 0 Å². The molecule has 0 radical (unpaired) electrons. The molecule has 0 saturated carbocycles. The second-order valence-electron chi connectivity index (χ2n) is 4.87. The Kier molecular flexibility index (Phi) is 4.97. The van der Waals surface area contributed by atoms with E-state index in [1.165, 1.54) is 10.9 Å². The lowest BCUT2D eigenvalue weighted by Crippen LogP contribution is -2.24. The van der Waals surface area contributed by atoms with Gasteiger partial charge in [0.2, 0.25) is 0 Å². The van der Waals surface area contributed by atoms with Gasteiger partial charge in [0.1, 0.15) is 5.82 Å². The summed E-state index contributed by atoms with van der Waals surface area (Å²) in [5.74, 6) is 0.119. The molecule has 1 unspecified atom stereocenters. The second-order valence-corrected chi connectivity index (χ2v) is 6.25. The van der Waals surface area contributed by atoms with Gasteiger partial charge in [-0.15, -0.1) is 11.3 Å². The van der Waals surface area contributed by atoms with Gasteiger partial charge in [0, 0.05) is 17.5 Å². The third-order valence-corrected chi connectivity index (χ3v) is 4.29. The highest BCUT2D eigenvalue weighted by Crippen LogP contribution is 2.26. The number of halogens is 2. The van der Waals surface area contributed by atoms with Crippen LogP contribution in [0.3, 0.4) is 0 Å². The van der Waals surface area contributed by atoms with Crippen LogP contribution in [0.25, 0.3) is 0 Å². The quantitative estimate of drug-likeness (QED) is 0.816. The van der Waals surface area contributed by atoms with Crippen molar-refractivity contribution in [1.29, 1.82) is 0 Å². The SMILES string of the molecule is CC(C)C(NCc1ccc(Cl)c(F)c1)c1cccs1. The highest BCUT2D eigenvalue weighted by molar-refractivity contribution is 7.10. The molecule has 19 heavy (non-hydrogen) atoms. The summed E-state index contributed by atoms with van der Waals surface area (Å²) in [5, 5.41) is 5.73. The van der Waals surface area contributed by atoms with Crippen molar-refractivity contribution >= 4 is 22.9 Å². The van der Waals surface area contributed by atoms with Crippen LogP contribution >= 0.6 is 22.9 Å². The summed E-state index contributed by atoms with van der Waals surface area (Å²) in [4.78, 5) is 1.31. The van der Waals surface area contributed by atoms with Gasteiger partial charge in [-0.1, -0.05) is 37.6 Å². The Morgan fingerprint density at radius 1 is 1.32 bits per heavy atom. The Labute approximate surface area is 122 Å². The molecule has 0 aliphatic heterocycles. The lowest BCUT2D eigenvalue weighted by atomic mass is 10.0. The Bertz CT molecular complexity index is 525. The first-order valence-corrected chi connectivity index (χ1v) is 7.54. The molecule has 1 atom stereocenters. The van der Waals surface area contributed by atoms with Crippen LogP contribution in [0.1, 0.15) is 30.3 Å². The Balaban J connectivity index is 2.05. The van der Waals surface area contributed by atoms with Crippen LogP contribution in [-0.4, -0.2) is 0 Å². The number of benzene rings is 1. The van der Waals surface area contributed by atoms with Gasteiger partial charge in [-0.05, 0) is 35.1 Å². The number of rotatable bonds is 5. The van der Waals surface area contributed by atoms with Crippen LogP contribution in [0, 0.1) is 11.7 Å². The maximum absolute atomic E-state index is 13.4. The molecule has 0 bridgehead atoms. The van der Waals surface area contributed by atoms with E-state index in [1.54, 1.807) is 17.4 Å². The van der Waals surface area contributed by atoms with E-state index >= 15 is 0 Å². The van der Waals surface area contributed by atoms with Gasteiger partial charge < -0.3 is 5.32 Å². The predicted molar refractivity (Wildman–Crippen MR) is 80.1 cm³/mol. The zero-order chi connectivity index (χ0) is 13.8. The first-order chi connectivity index (χ1) is 9.08. The molecule has 2 aromatic rings. The van der Waals surface area contributed by atoms with Gasteiger partial charge >= 0.3 is 0 Å². The molecule has 1 heterocycles. The summed E-state index contributed by atoms with van der Waals surface area (Å²) >= 11 is 7.42. The molecule has 1 aromatic heterocycles. The maximum Gasteiger partial charge on any atom is 0.142 e. The average Bonchev–Trinajstić information content (AvgIpc) is 2.87. The summed E-state index contributed by atoms with van der Waals surface area (Å²) < 4.78 is 13.4. The molecule has 0 spiro atoms. The summed E-state index contributed by atoms with van der Waals surface area (Å²) in [5.41, 5.74) is 0.907. The Morgan fingerprint density at radius 3 is 2.68 bits per heavy atom.